The number of benzene rings is 1. The fourth-order valence-electron chi connectivity index (χ4n) is 3.24. The van der Waals surface area contributed by atoms with Crippen molar-refractivity contribution in [3.05, 3.63) is 75.5 Å². The monoisotopic (exact) mass is 427 g/mol. The lowest BCUT2D eigenvalue weighted by molar-refractivity contribution is -0.121. The number of hydrogen-bond donors (Lipinski definition) is 1. The second-order valence-electron chi connectivity index (χ2n) is 6.31. The highest BCUT2D eigenvalue weighted by Gasteiger charge is 2.11. The first-order valence-corrected chi connectivity index (χ1v) is 9.51. The van der Waals surface area contributed by atoms with Crippen molar-refractivity contribution in [2.45, 2.75) is 25.9 Å². The molecule has 0 atom stereocenters. The van der Waals surface area contributed by atoms with Crippen LogP contribution in [0.5, 0.6) is 0 Å². The summed E-state index contributed by atoms with van der Waals surface area (Å²) in [6.07, 6.45) is 4.38. The first-order valence-electron chi connectivity index (χ1n) is 8.72. The van der Waals surface area contributed by atoms with Gasteiger partial charge < -0.3 is 18.7 Å². The summed E-state index contributed by atoms with van der Waals surface area (Å²) in [6, 6.07) is 13.2. The van der Waals surface area contributed by atoms with E-state index in [1.54, 1.807) is 16.9 Å². The lowest BCUT2D eigenvalue weighted by Gasteiger charge is -2.13. The van der Waals surface area contributed by atoms with Crippen LogP contribution in [0.15, 0.2) is 68.6 Å². The van der Waals surface area contributed by atoms with E-state index in [0.717, 1.165) is 15.5 Å². The molecule has 0 aliphatic rings. The summed E-state index contributed by atoms with van der Waals surface area (Å²) in [5, 5.41) is 2.83. The van der Waals surface area contributed by atoms with E-state index < -0.39 is 0 Å². The van der Waals surface area contributed by atoms with Gasteiger partial charge in [-0.05, 0) is 48.9 Å². The van der Waals surface area contributed by atoms with Gasteiger partial charge in [0.1, 0.15) is 11.3 Å². The summed E-state index contributed by atoms with van der Waals surface area (Å²) in [5.74, 6) is 0.655. The Balaban J connectivity index is 1.52. The molecule has 138 valence electrons. The van der Waals surface area contributed by atoms with Gasteiger partial charge in [0.2, 0.25) is 5.91 Å². The zero-order valence-electron chi connectivity index (χ0n) is 14.5. The minimum atomic E-state index is -0.0614. The quantitative estimate of drug-likeness (QED) is 0.509. The Morgan fingerprint density at radius 1 is 1.11 bits per heavy atom. The van der Waals surface area contributed by atoms with Crippen LogP contribution in [0.25, 0.3) is 16.6 Å². The summed E-state index contributed by atoms with van der Waals surface area (Å²) in [6.45, 7) is 0.847. The number of rotatable bonds is 6. The number of halogens is 1. The van der Waals surface area contributed by atoms with E-state index in [9.17, 15) is 9.59 Å². The van der Waals surface area contributed by atoms with Crippen molar-refractivity contribution in [3.8, 4) is 0 Å². The Labute approximate surface area is 163 Å². The molecular weight excluding hydrogens is 410 g/mol. The molecule has 1 amide bonds. The first kappa shape index (κ1) is 17.6. The number of aromatic nitrogens is 2. The van der Waals surface area contributed by atoms with Gasteiger partial charge in [0, 0.05) is 23.6 Å². The van der Waals surface area contributed by atoms with Crippen molar-refractivity contribution in [2.75, 3.05) is 0 Å². The summed E-state index contributed by atoms with van der Waals surface area (Å²) < 4.78 is 9.75. The number of fused-ring (bicyclic) bond motifs is 3. The first-order chi connectivity index (χ1) is 13.1. The molecule has 1 N–H and O–H groups in total. The predicted octanol–water partition coefficient (Wildman–Crippen LogP) is 3.71. The molecule has 7 heteroatoms. The van der Waals surface area contributed by atoms with Crippen LogP contribution < -0.4 is 10.9 Å². The van der Waals surface area contributed by atoms with Gasteiger partial charge in [-0.1, -0.05) is 15.9 Å². The van der Waals surface area contributed by atoms with Crippen molar-refractivity contribution in [1.29, 1.82) is 0 Å². The molecular formula is C20H18BrN3O3. The van der Waals surface area contributed by atoms with Gasteiger partial charge in [-0.2, -0.15) is 0 Å². The van der Waals surface area contributed by atoms with Crippen LogP contribution in [0.2, 0.25) is 0 Å². The van der Waals surface area contributed by atoms with E-state index >= 15 is 0 Å². The van der Waals surface area contributed by atoms with E-state index in [2.05, 4.69) is 21.2 Å². The standard InChI is InChI=1S/C20H18BrN3O3/c21-14-7-8-16-18(12-14)24(20(26)17-5-1-9-23(16)17)10-2-6-19(25)22-13-15-4-3-11-27-15/h1,3-5,7-9,11-12H,2,6,10,13H2,(H,22,25). The molecule has 0 radical (unpaired) electrons. The fraction of sp³-hybridized carbons (Fsp3) is 0.200. The normalized spacial score (nSPS) is 11.3. The zero-order chi connectivity index (χ0) is 18.8. The topological polar surface area (TPSA) is 68.7 Å². The van der Waals surface area contributed by atoms with Crippen molar-refractivity contribution < 1.29 is 9.21 Å². The van der Waals surface area contributed by atoms with Crippen LogP contribution in [0.4, 0.5) is 0 Å². The molecule has 0 saturated heterocycles. The Morgan fingerprint density at radius 2 is 2.00 bits per heavy atom. The van der Waals surface area contributed by atoms with E-state index in [-0.39, 0.29) is 11.5 Å². The van der Waals surface area contributed by atoms with Crippen LogP contribution >= 0.6 is 15.9 Å². The van der Waals surface area contributed by atoms with Crippen LogP contribution in [-0.2, 0) is 17.9 Å². The molecule has 4 aromatic rings. The molecule has 0 unspecified atom stereocenters. The molecule has 0 fully saturated rings. The van der Waals surface area contributed by atoms with Crippen LogP contribution in [0.1, 0.15) is 18.6 Å². The average Bonchev–Trinajstić information content (AvgIpc) is 3.34. The Hall–Kier alpha value is -2.80. The molecule has 0 saturated carbocycles. The van der Waals surface area contributed by atoms with E-state index in [4.69, 9.17) is 4.42 Å². The molecule has 27 heavy (non-hydrogen) atoms. The number of furan rings is 1. The van der Waals surface area contributed by atoms with Gasteiger partial charge in [0.15, 0.2) is 0 Å². The van der Waals surface area contributed by atoms with Gasteiger partial charge in [-0.3, -0.25) is 9.59 Å². The predicted molar refractivity (Wildman–Crippen MR) is 107 cm³/mol. The van der Waals surface area contributed by atoms with Crippen molar-refractivity contribution in [2.24, 2.45) is 0 Å². The fourth-order valence-corrected chi connectivity index (χ4v) is 3.59. The van der Waals surface area contributed by atoms with Crippen molar-refractivity contribution >= 4 is 38.4 Å². The minimum absolute atomic E-state index is 0.0541. The average molecular weight is 428 g/mol. The summed E-state index contributed by atoms with van der Waals surface area (Å²) in [7, 11) is 0. The Kier molecular flexibility index (Phi) is 4.85. The van der Waals surface area contributed by atoms with Gasteiger partial charge in [-0.25, -0.2) is 0 Å². The molecule has 3 heterocycles. The smallest absolute Gasteiger partial charge is 0.275 e. The molecule has 4 rings (SSSR count). The summed E-state index contributed by atoms with van der Waals surface area (Å²) in [4.78, 5) is 24.9. The third-order valence-corrected chi connectivity index (χ3v) is 5.02. The largest absolute Gasteiger partial charge is 0.467 e. The molecule has 0 bridgehead atoms. The molecule has 6 nitrogen and oxygen atoms in total. The number of carbonyl (C=O) groups excluding carboxylic acids is 1. The van der Waals surface area contributed by atoms with Crippen molar-refractivity contribution in [3.63, 3.8) is 0 Å². The number of amides is 1. The Bertz CT molecular complexity index is 1160. The summed E-state index contributed by atoms with van der Waals surface area (Å²) in [5.41, 5.74) is 2.38. The van der Waals surface area contributed by atoms with Gasteiger partial charge >= 0.3 is 0 Å². The van der Waals surface area contributed by atoms with Crippen LogP contribution in [-0.4, -0.2) is 14.9 Å². The maximum absolute atomic E-state index is 12.9. The second-order valence-corrected chi connectivity index (χ2v) is 7.23. The molecule has 1 aromatic carbocycles. The molecule has 0 aliphatic carbocycles. The molecule has 0 aliphatic heterocycles. The third kappa shape index (κ3) is 3.55. The number of nitrogens with one attached hydrogen (secondary N) is 1. The van der Waals surface area contributed by atoms with Gasteiger partial charge in [-0.15, -0.1) is 0 Å². The zero-order valence-corrected chi connectivity index (χ0v) is 16.1. The highest BCUT2D eigenvalue weighted by molar-refractivity contribution is 9.10. The molecule has 3 aromatic heterocycles. The van der Waals surface area contributed by atoms with Gasteiger partial charge in [0.25, 0.3) is 5.56 Å². The summed E-state index contributed by atoms with van der Waals surface area (Å²) >= 11 is 3.48. The lowest BCUT2D eigenvalue weighted by Crippen LogP contribution is -2.25. The van der Waals surface area contributed by atoms with Crippen LogP contribution in [0.3, 0.4) is 0 Å². The van der Waals surface area contributed by atoms with Crippen molar-refractivity contribution in [1.82, 2.24) is 14.3 Å². The number of aryl methyl sites for hydroxylation is 1. The third-order valence-electron chi connectivity index (χ3n) is 4.53. The number of carbonyl (C=O) groups is 1. The lowest BCUT2D eigenvalue weighted by atomic mass is 10.2. The maximum atomic E-state index is 12.9. The highest BCUT2D eigenvalue weighted by Crippen LogP contribution is 2.20. The van der Waals surface area contributed by atoms with Gasteiger partial charge in [0.05, 0.1) is 23.8 Å². The SMILES string of the molecule is O=C(CCCn1c(=O)c2cccn2c2ccc(Br)cc21)NCc1ccco1. The Morgan fingerprint density at radius 3 is 2.81 bits per heavy atom. The van der Waals surface area contributed by atoms with E-state index in [0.29, 0.717) is 37.2 Å². The minimum Gasteiger partial charge on any atom is -0.467 e. The maximum Gasteiger partial charge on any atom is 0.275 e. The second kappa shape index (κ2) is 7.44. The molecule has 0 spiro atoms. The highest BCUT2D eigenvalue weighted by atomic mass is 79.9. The number of hydrogen-bond acceptors (Lipinski definition) is 3. The van der Waals surface area contributed by atoms with Crippen LogP contribution in [0, 0.1) is 0 Å². The van der Waals surface area contributed by atoms with E-state index in [1.165, 1.54) is 0 Å². The number of nitrogens with zero attached hydrogens (tertiary/aromatic N) is 2. The van der Waals surface area contributed by atoms with E-state index in [1.807, 2.05) is 47.0 Å².